The molecule has 0 N–H and O–H groups in total. The molecule has 1 unspecified atom stereocenters. The van der Waals surface area contributed by atoms with Crippen LogP contribution in [0.5, 0.6) is 0 Å². The number of hydrogen-bond donors (Lipinski definition) is 0. The second-order valence-electron chi connectivity index (χ2n) is 3.81. The number of nitrogens with zero attached hydrogens (tertiary/aromatic N) is 3. The Balaban J connectivity index is 2.94. The molecule has 0 saturated carbocycles. The quantitative estimate of drug-likeness (QED) is 0.766. The van der Waals surface area contributed by atoms with E-state index in [2.05, 4.69) is 16.9 Å². The largest absolute Gasteiger partial charge is 0.318 e. The van der Waals surface area contributed by atoms with Gasteiger partial charge in [-0.25, -0.2) is 8.78 Å². The van der Waals surface area contributed by atoms with Crippen LogP contribution < -0.4 is 0 Å². The van der Waals surface area contributed by atoms with E-state index in [1.165, 1.54) is 6.92 Å². The summed E-state index contributed by atoms with van der Waals surface area (Å²) in [6.45, 7) is 2.50. The number of amides is 1. The number of carbonyl (C=O) groups excluding carboxylic acids is 1. The topological polar surface area (TPSA) is 38.1 Å². The van der Waals surface area contributed by atoms with Crippen molar-refractivity contribution >= 4 is 5.91 Å². The minimum atomic E-state index is -2.60. The van der Waals surface area contributed by atoms with E-state index in [4.69, 9.17) is 0 Å². The van der Waals surface area contributed by atoms with Crippen molar-refractivity contribution in [2.45, 2.75) is 26.3 Å². The van der Waals surface area contributed by atoms with Crippen molar-refractivity contribution in [1.29, 1.82) is 0 Å². The highest BCUT2D eigenvalue weighted by Gasteiger charge is 2.25. The Morgan fingerprint density at radius 2 is 2.28 bits per heavy atom. The summed E-state index contributed by atoms with van der Waals surface area (Å²) in [4.78, 5) is 12.7. The summed E-state index contributed by atoms with van der Waals surface area (Å²) in [6, 6.07) is 1.16. The first-order valence-corrected chi connectivity index (χ1v) is 5.46. The maximum atomic E-state index is 12.5. The van der Waals surface area contributed by atoms with Crippen LogP contribution in [0.15, 0.2) is 12.3 Å². The first kappa shape index (κ1) is 14.2. The van der Waals surface area contributed by atoms with Crippen molar-refractivity contribution < 1.29 is 13.6 Å². The van der Waals surface area contributed by atoms with E-state index in [0.717, 1.165) is 4.90 Å². The molecule has 0 aromatic carbocycles. The summed E-state index contributed by atoms with van der Waals surface area (Å²) >= 11 is 0. The second-order valence-corrected chi connectivity index (χ2v) is 3.81. The monoisotopic (exact) mass is 255 g/mol. The van der Waals surface area contributed by atoms with Gasteiger partial charge in [0.25, 0.3) is 12.3 Å². The molecule has 1 amide bonds. The number of aromatic nitrogens is 2. The van der Waals surface area contributed by atoms with Crippen molar-refractivity contribution in [1.82, 2.24) is 14.7 Å². The van der Waals surface area contributed by atoms with Gasteiger partial charge in [0.05, 0.1) is 18.3 Å². The summed E-state index contributed by atoms with van der Waals surface area (Å²) in [7, 11) is 1.72. The molecule has 98 valence electrons. The highest BCUT2D eigenvalue weighted by Crippen LogP contribution is 2.19. The molecule has 4 nitrogen and oxygen atoms in total. The zero-order valence-electron chi connectivity index (χ0n) is 10.5. The number of halogens is 2. The van der Waals surface area contributed by atoms with E-state index in [-0.39, 0.29) is 0 Å². The second kappa shape index (κ2) is 6.15. The lowest BCUT2D eigenvalue weighted by Gasteiger charge is -2.25. The molecule has 0 radical (unpaired) electrons. The predicted molar refractivity (Wildman–Crippen MR) is 62.8 cm³/mol. The van der Waals surface area contributed by atoms with E-state index in [0.29, 0.717) is 5.69 Å². The first-order chi connectivity index (χ1) is 8.45. The van der Waals surface area contributed by atoms with E-state index < -0.39 is 24.9 Å². The molecule has 0 saturated heterocycles. The first-order valence-electron chi connectivity index (χ1n) is 5.46. The lowest BCUT2D eigenvalue weighted by molar-refractivity contribution is -0.129. The normalized spacial score (nSPS) is 11.9. The summed E-state index contributed by atoms with van der Waals surface area (Å²) in [6.07, 6.45) is -0.902. The van der Waals surface area contributed by atoms with Crippen LogP contribution in [0.3, 0.4) is 0 Å². The fourth-order valence-electron chi connectivity index (χ4n) is 1.56. The van der Waals surface area contributed by atoms with Gasteiger partial charge in [-0.1, -0.05) is 5.92 Å². The molecule has 0 aliphatic rings. The molecule has 6 heteroatoms. The molecular formula is C12H15F2N3O. The zero-order valence-corrected chi connectivity index (χ0v) is 10.5. The SMILES string of the molecule is CC#CC(=O)N(CC(F)F)C(C)c1ccn(C)n1. The average Bonchev–Trinajstić information content (AvgIpc) is 2.72. The smallest absolute Gasteiger partial charge is 0.299 e. The van der Waals surface area contributed by atoms with E-state index in [1.807, 2.05) is 0 Å². The fourth-order valence-corrected chi connectivity index (χ4v) is 1.56. The number of rotatable bonds is 4. The third kappa shape index (κ3) is 3.55. The van der Waals surface area contributed by atoms with Crippen LogP contribution in [0, 0.1) is 11.8 Å². The van der Waals surface area contributed by atoms with Gasteiger partial charge in [0.2, 0.25) is 0 Å². The van der Waals surface area contributed by atoms with Gasteiger partial charge in [-0.15, -0.1) is 0 Å². The highest BCUT2D eigenvalue weighted by atomic mass is 19.3. The molecule has 1 rings (SSSR count). The van der Waals surface area contributed by atoms with Crippen molar-refractivity contribution in [3.63, 3.8) is 0 Å². The summed E-state index contributed by atoms with van der Waals surface area (Å²) in [5.74, 6) is 4.08. The lowest BCUT2D eigenvalue weighted by atomic mass is 10.2. The highest BCUT2D eigenvalue weighted by molar-refractivity contribution is 5.93. The molecule has 18 heavy (non-hydrogen) atoms. The van der Waals surface area contributed by atoms with Gasteiger partial charge in [-0.2, -0.15) is 5.10 Å². The van der Waals surface area contributed by atoms with E-state index >= 15 is 0 Å². The zero-order chi connectivity index (χ0) is 13.7. The number of carbonyl (C=O) groups is 1. The molecule has 1 aromatic heterocycles. The molecule has 1 aromatic rings. The Bertz CT molecular complexity index is 473. The standard InChI is InChI=1S/C12H15F2N3O/c1-4-5-12(18)17(8-11(13)14)9(2)10-6-7-16(3)15-10/h6-7,9,11H,8H2,1-3H3. The Hall–Kier alpha value is -1.90. The molecular weight excluding hydrogens is 240 g/mol. The summed E-state index contributed by atoms with van der Waals surface area (Å²) in [5, 5.41) is 4.11. The average molecular weight is 255 g/mol. The Labute approximate surface area is 105 Å². The van der Waals surface area contributed by atoms with Gasteiger partial charge in [-0.3, -0.25) is 9.48 Å². The van der Waals surface area contributed by atoms with Gasteiger partial charge in [0.1, 0.15) is 0 Å². The van der Waals surface area contributed by atoms with E-state index in [1.54, 1.807) is 30.9 Å². The van der Waals surface area contributed by atoms with Crippen LogP contribution in [-0.2, 0) is 11.8 Å². The van der Waals surface area contributed by atoms with Crippen LogP contribution in [0.4, 0.5) is 8.78 Å². The fraction of sp³-hybridized carbons (Fsp3) is 0.500. The summed E-state index contributed by atoms with van der Waals surface area (Å²) < 4.78 is 26.6. The van der Waals surface area contributed by atoms with Gasteiger partial charge >= 0.3 is 0 Å². The Morgan fingerprint density at radius 1 is 1.61 bits per heavy atom. The third-order valence-electron chi connectivity index (χ3n) is 2.46. The Kier molecular flexibility index (Phi) is 4.84. The minimum Gasteiger partial charge on any atom is -0.318 e. The molecule has 0 spiro atoms. The third-order valence-corrected chi connectivity index (χ3v) is 2.46. The maximum Gasteiger partial charge on any atom is 0.299 e. The molecule has 0 aliphatic heterocycles. The number of hydrogen-bond acceptors (Lipinski definition) is 2. The van der Waals surface area contributed by atoms with Crippen LogP contribution >= 0.6 is 0 Å². The number of aryl methyl sites for hydroxylation is 1. The van der Waals surface area contributed by atoms with Crippen LogP contribution in [-0.4, -0.2) is 33.6 Å². The van der Waals surface area contributed by atoms with Gasteiger partial charge in [0, 0.05) is 13.2 Å². The van der Waals surface area contributed by atoms with E-state index in [9.17, 15) is 13.6 Å². The predicted octanol–water partition coefficient (Wildman–Crippen LogP) is 1.60. The van der Waals surface area contributed by atoms with Gasteiger partial charge in [-0.05, 0) is 25.8 Å². The van der Waals surface area contributed by atoms with Crippen LogP contribution in [0.25, 0.3) is 0 Å². The number of alkyl halides is 2. The molecule has 0 fully saturated rings. The molecule has 0 bridgehead atoms. The minimum absolute atomic E-state index is 0.534. The molecule has 1 heterocycles. The Morgan fingerprint density at radius 3 is 2.72 bits per heavy atom. The van der Waals surface area contributed by atoms with Crippen LogP contribution in [0.1, 0.15) is 25.6 Å². The van der Waals surface area contributed by atoms with Gasteiger partial charge < -0.3 is 4.90 Å². The van der Waals surface area contributed by atoms with Crippen molar-refractivity contribution in [3.8, 4) is 11.8 Å². The van der Waals surface area contributed by atoms with Crippen LogP contribution in [0.2, 0.25) is 0 Å². The maximum absolute atomic E-state index is 12.5. The molecule has 0 aliphatic carbocycles. The van der Waals surface area contributed by atoms with Gasteiger partial charge in [0.15, 0.2) is 0 Å². The van der Waals surface area contributed by atoms with Crippen molar-refractivity contribution in [3.05, 3.63) is 18.0 Å². The van der Waals surface area contributed by atoms with Crippen molar-refractivity contribution in [2.75, 3.05) is 6.54 Å². The van der Waals surface area contributed by atoms with Crippen molar-refractivity contribution in [2.24, 2.45) is 7.05 Å². The summed E-state index contributed by atoms with van der Waals surface area (Å²) in [5.41, 5.74) is 0.560. The molecule has 1 atom stereocenters. The lowest BCUT2D eigenvalue weighted by Crippen LogP contribution is -2.36.